The Labute approximate surface area is 128 Å². The Morgan fingerprint density at radius 3 is 2.68 bits per heavy atom. The molecule has 1 unspecified atom stereocenters. The lowest BCUT2D eigenvalue weighted by molar-refractivity contribution is -0.269. The predicted octanol–water partition coefficient (Wildman–Crippen LogP) is 3.52. The van der Waals surface area contributed by atoms with Gasteiger partial charge in [0, 0.05) is 27.7 Å². The number of nitrogens with one attached hydrogen (secondary N) is 1. The van der Waals surface area contributed by atoms with Gasteiger partial charge in [-0.3, -0.25) is 4.79 Å². The molecule has 1 atom stereocenters. The fourth-order valence-electron chi connectivity index (χ4n) is 2.21. The highest BCUT2D eigenvalue weighted by molar-refractivity contribution is 6.31. The van der Waals surface area contributed by atoms with Crippen molar-refractivity contribution >= 4 is 28.5 Å². The summed E-state index contributed by atoms with van der Waals surface area (Å²) in [6.07, 6.45) is -5.25. The monoisotopic (exact) mass is 335 g/mol. The summed E-state index contributed by atoms with van der Waals surface area (Å²) in [4.78, 5) is 14.1. The number of aromatic amines is 1. The summed E-state index contributed by atoms with van der Waals surface area (Å²) in [7, 11) is 0. The first kappa shape index (κ1) is 16.6. The standard InChI is InChI=1S/C14H13ClF3NO3/c1-2-22-12(20)6-13(21,14(16,17)18)10-7-19-11-5-8(15)3-4-9(10)11/h3-5,7,19,21H,2,6H2,1H3. The minimum absolute atomic E-state index is 0.0732. The second-order valence-corrected chi connectivity index (χ2v) is 5.17. The highest BCUT2D eigenvalue weighted by atomic mass is 35.5. The molecule has 120 valence electrons. The number of benzene rings is 1. The van der Waals surface area contributed by atoms with E-state index in [-0.39, 0.29) is 12.0 Å². The van der Waals surface area contributed by atoms with Crippen molar-refractivity contribution in [2.45, 2.75) is 25.1 Å². The van der Waals surface area contributed by atoms with Crippen molar-refractivity contribution in [2.75, 3.05) is 6.61 Å². The van der Waals surface area contributed by atoms with Crippen LogP contribution in [-0.4, -0.2) is 28.8 Å². The SMILES string of the molecule is CCOC(=O)CC(O)(c1c[nH]c2cc(Cl)ccc12)C(F)(F)F. The number of fused-ring (bicyclic) bond motifs is 1. The van der Waals surface area contributed by atoms with E-state index in [1.165, 1.54) is 25.1 Å². The summed E-state index contributed by atoms with van der Waals surface area (Å²) in [5.74, 6) is -1.13. The molecule has 2 rings (SSSR count). The molecule has 1 aromatic heterocycles. The molecule has 0 spiro atoms. The highest BCUT2D eigenvalue weighted by Gasteiger charge is 2.57. The van der Waals surface area contributed by atoms with Crippen LogP contribution in [0.25, 0.3) is 10.9 Å². The molecule has 1 aromatic carbocycles. The minimum atomic E-state index is -5.05. The molecule has 0 aliphatic carbocycles. The highest BCUT2D eigenvalue weighted by Crippen LogP contribution is 2.44. The summed E-state index contributed by atoms with van der Waals surface area (Å²) in [6, 6.07) is 4.19. The first-order valence-electron chi connectivity index (χ1n) is 6.41. The minimum Gasteiger partial charge on any atom is -0.466 e. The Morgan fingerprint density at radius 2 is 2.09 bits per heavy atom. The van der Waals surface area contributed by atoms with Crippen LogP contribution in [-0.2, 0) is 15.1 Å². The second-order valence-electron chi connectivity index (χ2n) is 4.73. The number of esters is 1. The van der Waals surface area contributed by atoms with Gasteiger partial charge in [-0.1, -0.05) is 17.7 Å². The van der Waals surface area contributed by atoms with Gasteiger partial charge in [-0.2, -0.15) is 13.2 Å². The molecule has 8 heteroatoms. The van der Waals surface area contributed by atoms with E-state index in [0.29, 0.717) is 10.5 Å². The first-order chi connectivity index (χ1) is 10.2. The number of rotatable bonds is 4. The van der Waals surface area contributed by atoms with Crippen LogP contribution in [0.1, 0.15) is 18.9 Å². The maximum atomic E-state index is 13.4. The summed E-state index contributed by atoms with van der Waals surface area (Å²) >= 11 is 5.78. The number of hydrogen-bond acceptors (Lipinski definition) is 3. The third-order valence-electron chi connectivity index (χ3n) is 3.26. The van der Waals surface area contributed by atoms with Crippen LogP contribution in [0, 0.1) is 0 Å². The maximum absolute atomic E-state index is 13.4. The van der Waals surface area contributed by atoms with Crippen molar-refractivity contribution in [3.05, 3.63) is 35.0 Å². The fraction of sp³-hybridized carbons (Fsp3) is 0.357. The van der Waals surface area contributed by atoms with E-state index in [2.05, 4.69) is 9.72 Å². The quantitative estimate of drug-likeness (QED) is 0.840. The van der Waals surface area contributed by atoms with Crippen LogP contribution in [0.15, 0.2) is 24.4 Å². The van der Waals surface area contributed by atoms with E-state index < -0.39 is 29.7 Å². The molecule has 0 bridgehead atoms. The number of aromatic nitrogens is 1. The number of alkyl halides is 3. The summed E-state index contributed by atoms with van der Waals surface area (Å²) in [5, 5.41) is 10.7. The van der Waals surface area contributed by atoms with Gasteiger partial charge in [-0.25, -0.2) is 0 Å². The van der Waals surface area contributed by atoms with Crippen LogP contribution < -0.4 is 0 Å². The number of aliphatic hydroxyl groups is 1. The molecule has 22 heavy (non-hydrogen) atoms. The van der Waals surface area contributed by atoms with E-state index in [1.54, 1.807) is 0 Å². The molecule has 0 amide bonds. The molecular formula is C14H13ClF3NO3. The zero-order valence-corrected chi connectivity index (χ0v) is 12.3. The number of carbonyl (C=O) groups is 1. The molecule has 0 aliphatic rings. The molecule has 0 fully saturated rings. The Kier molecular flexibility index (Phi) is 4.39. The van der Waals surface area contributed by atoms with E-state index in [1.807, 2.05) is 0 Å². The molecule has 0 saturated carbocycles. The van der Waals surface area contributed by atoms with E-state index >= 15 is 0 Å². The molecule has 4 nitrogen and oxygen atoms in total. The molecule has 2 aromatic rings. The van der Waals surface area contributed by atoms with Crippen LogP contribution in [0.5, 0.6) is 0 Å². The second kappa shape index (κ2) is 5.81. The van der Waals surface area contributed by atoms with Crippen molar-refractivity contribution in [3.63, 3.8) is 0 Å². The molecule has 0 aliphatic heterocycles. The van der Waals surface area contributed by atoms with Gasteiger partial charge in [0.2, 0.25) is 0 Å². The molecular weight excluding hydrogens is 323 g/mol. The Morgan fingerprint density at radius 1 is 1.41 bits per heavy atom. The van der Waals surface area contributed by atoms with Gasteiger partial charge in [0.05, 0.1) is 13.0 Å². The largest absolute Gasteiger partial charge is 0.466 e. The van der Waals surface area contributed by atoms with Gasteiger partial charge < -0.3 is 14.8 Å². The lowest BCUT2D eigenvalue weighted by Crippen LogP contribution is -2.44. The lowest BCUT2D eigenvalue weighted by Gasteiger charge is -2.29. The summed E-state index contributed by atoms with van der Waals surface area (Å²) in [6.45, 7) is 1.40. The average molecular weight is 336 g/mol. The van der Waals surface area contributed by atoms with E-state index in [0.717, 1.165) is 6.20 Å². The van der Waals surface area contributed by atoms with Crippen LogP contribution in [0.4, 0.5) is 13.2 Å². The zero-order chi connectivity index (χ0) is 16.5. The van der Waals surface area contributed by atoms with Gasteiger partial charge in [0.25, 0.3) is 0 Å². The maximum Gasteiger partial charge on any atom is 0.422 e. The van der Waals surface area contributed by atoms with Gasteiger partial charge >= 0.3 is 12.1 Å². The summed E-state index contributed by atoms with van der Waals surface area (Å²) < 4.78 is 44.7. The molecule has 2 N–H and O–H groups in total. The topological polar surface area (TPSA) is 62.3 Å². The average Bonchev–Trinajstić information content (AvgIpc) is 2.80. The number of ether oxygens (including phenoxy) is 1. The molecule has 0 saturated heterocycles. The molecule has 0 radical (unpaired) electrons. The zero-order valence-electron chi connectivity index (χ0n) is 11.5. The predicted molar refractivity (Wildman–Crippen MR) is 74.5 cm³/mol. The van der Waals surface area contributed by atoms with Crippen LogP contribution in [0.2, 0.25) is 5.02 Å². The smallest absolute Gasteiger partial charge is 0.422 e. The Bertz CT molecular complexity index is 698. The first-order valence-corrected chi connectivity index (χ1v) is 6.78. The fourth-order valence-corrected chi connectivity index (χ4v) is 2.38. The third-order valence-corrected chi connectivity index (χ3v) is 3.50. The van der Waals surface area contributed by atoms with E-state index in [9.17, 15) is 23.1 Å². The number of halogens is 4. The lowest BCUT2D eigenvalue weighted by atomic mass is 9.89. The summed E-state index contributed by atoms with van der Waals surface area (Å²) in [5.41, 5.74) is -3.46. The molecule has 1 heterocycles. The number of hydrogen-bond donors (Lipinski definition) is 2. The van der Waals surface area contributed by atoms with Crippen molar-refractivity contribution in [2.24, 2.45) is 0 Å². The Balaban J connectivity index is 2.55. The van der Waals surface area contributed by atoms with Crippen molar-refractivity contribution in [3.8, 4) is 0 Å². The van der Waals surface area contributed by atoms with Crippen LogP contribution in [0.3, 0.4) is 0 Å². The Hall–Kier alpha value is -1.73. The van der Waals surface area contributed by atoms with Gasteiger partial charge in [-0.05, 0) is 19.1 Å². The van der Waals surface area contributed by atoms with Crippen molar-refractivity contribution in [1.29, 1.82) is 0 Å². The van der Waals surface area contributed by atoms with Gasteiger partial charge in [-0.15, -0.1) is 0 Å². The van der Waals surface area contributed by atoms with Crippen molar-refractivity contribution < 1.29 is 27.8 Å². The number of H-pyrrole nitrogens is 1. The van der Waals surface area contributed by atoms with Gasteiger partial charge in [0.15, 0.2) is 5.60 Å². The van der Waals surface area contributed by atoms with E-state index in [4.69, 9.17) is 11.6 Å². The normalized spacial score (nSPS) is 14.8. The third kappa shape index (κ3) is 2.91. The van der Waals surface area contributed by atoms with Gasteiger partial charge in [0.1, 0.15) is 0 Å². The van der Waals surface area contributed by atoms with Crippen molar-refractivity contribution in [1.82, 2.24) is 4.98 Å². The number of carbonyl (C=O) groups excluding carboxylic acids is 1. The van der Waals surface area contributed by atoms with Crippen LogP contribution >= 0.6 is 11.6 Å².